The molecule has 3 rings (SSSR count). The van der Waals surface area contributed by atoms with Crippen LogP contribution >= 0.6 is 0 Å². The summed E-state index contributed by atoms with van der Waals surface area (Å²) in [7, 11) is 0. The highest BCUT2D eigenvalue weighted by Crippen LogP contribution is 2.18. The van der Waals surface area contributed by atoms with Crippen LogP contribution in [0.1, 0.15) is 38.4 Å². The fourth-order valence-electron chi connectivity index (χ4n) is 2.87. The van der Waals surface area contributed by atoms with Crippen molar-refractivity contribution in [3.05, 3.63) is 82.2 Å². The molecule has 2 aromatic carbocycles. The monoisotopic (exact) mass is 349 g/mol. The summed E-state index contributed by atoms with van der Waals surface area (Å²) in [5.74, 6) is -0.166. The number of aryl methyl sites for hydroxylation is 3. The molecular formula is C21H23N3O2. The molecule has 0 aliphatic carbocycles. The van der Waals surface area contributed by atoms with Crippen molar-refractivity contribution in [2.24, 2.45) is 0 Å². The zero-order chi connectivity index (χ0) is 18.7. The number of anilines is 1. The molecule has 0 saturated carbocycles. The number of benzene rings is 2. The minimum Gasteiger partial charge on any atom is -0.392 e. The van der Waals surface area contributed by atoms with Crippen LogP contribution in [0.2, 0.25) is 0 Å². The Balaban J connectivity index is 1.72. The first-order valence-corrected chi connectivity index (χ1v) is 8.58. The third-order valence-electron chi connectivity index (χ3n) is 4.38. The van der Waals surface area contributed by atoms with Gasteiger partial charge in [0.1, 0.15) is 0 Å². The number of nitrogens with zero attached hydrogens (tertiary/aromatic N) is 2. The Bertz CT molecular complexity index is 927. The summed E-state index contributed by atoms with van der Waals surface area (Å²) in [6, 6.07) is 15.1. The molecule has 1 amide bonds. The Morgan fingerprint density at radius 2 is 1.73 bits per heavy atom. The molecule has 0 saturated heterocycles. The van der Waals surface area contributed by atoms with E-state index >= 15 is 0 Å². The predicted molar refractivity (Wildman–Crippen MR) is 102 cm³/mol. The van der Waals surface area contributed by atoms with Crippen LogP contribution in [-0.4, -0.2) is 20.8 Å². The van der Waals surface area contributed by atoms with Crippen molar-refractivity contribution in [2.75, 3.05) is 5.32 Å². The minimum atomic E-state index is -0.166. The second-order valence-corrected chi connectivity index (χ2v) is 6.54. The smallest absolute Gasteiger partial charge is 0.255 e. The van der Waals surface area contributed by atoms with E-state index in [0.717, 1.165) is 28.1 Å². The number of carbonyl (C=O) groups is 1. The number of hydrogen-bond acceptors (Lipinski definition) is 3. The molecule has 0 radical (unpaired) electrons. The summed E-state index contributed by atoms with van der Waals surface area (Å²) >= 11 is 0. The van der Waals surface area contributed by atoms with Crippen molar-refractivity contribution in [3.63, 3.8) is 0 Å². The number of nitrogens with one attached hydrogen (secondary N) is 1. The Morgan fingerprint density at radius 1 is 1.04 bits per heavy atom. The second kappa shape index (κ2) is 7.54. The largest absolute Gasteiger partial charge is 0.392 e. The van der Waals surface area contributed by atoms with Gasteiger partial charge in [-0.15, -0.1) is 0 Å². The molecule has 0 spiro atoms. The molecule has 0 aliphatic rings. The second-order valence-electron chi connectivity index (χ2n) is 6.54. The third kappa shape index (κ3) is 4.00. The SMILES string of the molecule is Cc1cc(C)n(Cc2ccc(C(=O)Nc3cc(CO)ccc3C)cc2)n1. The van der Waals surface area contributed by atoms with Crippen molar-refractivity contribution in [1.29, 1.82) is 0 Å². The van der Waals surface area contributed by atoms with Crippen LogP contribution in [0.25, 0.3) is 0 Å². The van der Waals surface area contributed by atoms with Crippen molar-refractivity contribution in [3.8, 4) is 0 Å². The molecule has 2 N–H and O–H groups in total. The molecule has 0 aliphatic heterocycles. The lowest BCUT2D eigenvalue weighted by Crippen LogP contribution is -2.13. The fourth-order valence-corrected chi connectivity index (χ4v) is 2.87. The van der Waals surface area contributed by atoms with Crippen LogP contribution in [0.15, 0.2) is 48.5 Å². The first-order chi connectivity index (χ1) is 12.5. The molecule has 1 heterocycles. The Hall–Kier alpha value is -2.92. The highest BCUT2D eigenvalue weighted by molar-refractivity contribution is 6.04. The van der Waals surface area contributed by atoms with Gasteiger partial charge in [-0.25, -0.2) is 0 Å². The molecule has 1 aromatic heterocycles. The van der Waals surface area contributed by atoms with E-state index in [1.807, 2.05) is 67.9 Å². The number of hydrogen-bond donors (Lipinski definition) is 2. The van der Waals surface area contributed by atoms with E-state index in [0.29, 0.717) is 17.8 Å². The summed E-state index contributed by atoms with van der Waals surface area (Å²) in [5.41, 5.74) is 6.24. The maximum Gasteiger partial charge on any atom is 0.255 e. The molecule has 5 heteroatoms. The average Bonchev–Trinajstić information content (AvgIpc) is 2.94. The molecule has 0 unspecified atom stereocenters. The maximum absolute atomic E-state index is 12.5. The van der Waals surface area contributed by atoms with E-state index in [2.05, 4.69) is 10.4 Å². The summed E-state index contributed by atoms with van der Waals surface area (Å²) in [6.07, 6.45) is 0. The Morgan fingerprint density at radius 3 is 2.35 bits per heavy atom. The Labute approximate surface area is 153 Å². The third-order valence-corrected chi connectivity index (χ3v) is 4.38. The average molecular weight is 349 g/mol. The predicted octanol–water partition coefficient (Wildman–Crippen LogP) is 3.60. The van der Waals surface area contributed by atoms with E-state index in [1.165, 1.54) is 0 Å². The topological polar surface area (TPSA) is 67.2 Å². The standard InChI is InChI=1S/C21H23N3O2/c1-14-4-5-18(13-25)11-20(14)22-21(26)19-8-6-17(7-9-19)12-24-16(3)10-15(2)23-24/h4-11,25H,12-13H2,1-3H3,(H,22,26). The molecule has 0 atom stereocenters. The molecule has 26 heavy (non-hydrogen) atoms. The van der Waals surface area contributed by atoms with Gasteiger partial charge in [0, 0.05) is 16.9 Å². The molecule has 134 valence electrons. The maximum atomic E-state index is 12.5. The Kier molecular flexibility index (Phi) is 5.19. The summed E-state index contributed by atoms with van der Waals surface area (Å²) in [6.45, 7) is 6.56. The van der Waals surface area contributed by atoms with Crippen molar-refractivity contribution in [2.45, 2.75) is 33.9 Å². The normalized spacial score (nSPS) is 10.8. The first kappa shape index (κ1) is 17.9. The van der Waals surface area contributed by atoms with Gasteiger partial charge in [-0.05, 0) is 61.7 Å². The van der Waals surface area contributed by atoms with Crippen molar-refractivity contribution in [1.82, 2.24) is 9.78 Å². The van der Waals surface area contributed by atoms with Crippen LogP contribution in [0.5, 0.6) is 0 Å². The van der Waals surface area contributed by atoms with Crippen LogP contribution in [0, 0.1) is 20.8 Å². The molecule has 3 aromatic rings. The minimum absolute atomic E-state index is 0.0514. The van der Waals surface area contributed by atoms with E-state index in [-0.39, 0.29) is 12.5 Å². The van der Waals surface area contributed by atoms with E-state index < -0.39 is 0 Å². The van der Waals surface area contributed by atoms with E-state index in [9.17, 15) is 9.90 Å². The fraction of sp³-hybridized carbons (Fsp3) is 0.238. The summed E-state index contributed by atoms with van der Waals surface area (Å²) in [5, 5.41) is 16.6. The van der Waals surface area contributed by atoms with Crippen LogP contribution < -0.4 is 5.32 Å². The van der Waals surface area contributed by atoms with Crippen molar-refractivity contribution < 1.29 is 9.90 Å². The number of carbonyl (C=O) groups excluding carboxylic acids is 1. The number of aliphatic hydroxyl groups excluding tert-OH is 1. The van der Waals surface area contributed by atoms with Gasteiger partial charge in [-0.3, -0.25) is 9.48 Å². The lowest BCUT2D eigenvalue weighted by atomic mass is 10.1. The van der Waals surface area contributed by atoms with E-state index in [4.69, 9.17) is 0 Å². The lowest BCUT2D eigenvalue weighted by molar-refractivity contribution is 0.102. The number of amides is 1. The molecule has 0 bridgehead atoms. The first-order valence-electron chi connectivity index (χ1n) is 8.58. The summed E-state index contributed by atoms with van der Waals surface area (Å²) in [4.78, 5) is 12.5. The molecular weight excluding hydrogens is 326 g/mol. The van der Waals surface area contributed by atoms with Gasteiger partial charge in [0.2, 0.25) is 0 Å². The van der Waals surface area contributed by atoms with Crippen molar-refractivity contribution >= 4 is 11.6 Å². The lowest BCUT2D eigenvalue weighted by Gasteiger charge is -2.11. The van der Waals surface area contributed by atoms with Gasteiger partial charge in [-0.2, -0.15) is 5.10 Å². The van der Waals surface area contributed by atoms with Gasteiger partial charge >= 0.3 is 0 Å². The number of aliphatic hydroxyl groups is 1. The highest BCUT2D eigenvalue weighted by atomic mass is 16.3. The van der Waals surface area contributed by atoms with Gasteiger partial charge in [-0.1, -0.05) is 24.3 Å². The number of rotatable bonds is 5. The van der Waals surface area contributed by atoms with Crippen LogP contribution in [0.3, 0.4) is 0 Å². The quantitative estimate of drug-likeness (QED) is 0.739. The molecule has 0 fully saturated rings. The zero-order valence-electron chi connectivity index (χ0n) is 15.3. The zero-order valence-corrected chi connectivity index (χ0v) is 15.3. The van der Waals surface area contributed by atoms with E-state index in [1.54, 1.807) is 6.07 Å². The van der Waals surface area contributed by atoms with Gasteiger partial charge in [0.05, 0.1) is 18.8 Å². The van der Waals surface area contributed by atoms with Gasteiger partial charge in [0.15, 0.2) is 0 Å². The highest BCUT2D eigenvalue weighted by Gasteiger charge is 2.09. The molecule has 5 nitrogen and oxygen atoms in total. The van der Waals surface area contributed by atoms with Gasteiger partial charge < -0.3 is 10.4 Å². The van der Waals surface area contributed by atoms with Crippen LogP contribution in [-0.2, 0) is 13.2 Å². The summed E-state index contributed by atoms with van der Waals surface area (Å²) < 4.78 is 1.95. The number of aromatic nitrogens is 2. The van der Waals surface area contributed by atoms with Gasteiger partial charge in [0.25, 0.3) is 5.91 Å². The van der Waals surface area contributed by atoms with Crippen LogP contribution in [0.4, 0.5) is 5.69 Å².